The summed E-state index contributed by atoms with van der Waals surface area (Å²) in [5.74, 6) is 0. The van der Waals surface area contributed by atoms with E-state index in [0.717, 1.165) is 16.1 Å². The Bertz CT molecular complexity index is 552. The molecule has 0 radical (unpaired) electrons. The summed E-state index contributed by atoms with van der Waals surface area (Å²) < 4.78 is 0. The second-order valence-electron chi connectivity index (χ2n) is 4.48. The maximum Gasteiger partial charge on any atom is 0.0606 e. The van der Waals surface area contributed by atoms with Crippen molar-refractivity contribution in [2.24, 2.45) is 0 Å². The molecule has 1 N–H and O–H groups in total. The Labute approximate surface area is 113 Å². The van der Waals surface area contributed by atoms with Crippen LogP contribution in [0.3, 0.4) is 0 Å². The highest BCUT2D eigenvalue weighted by Gasteiger charge is 2.17. The van der Waals surface area contributed by atoms with Crippen molar-refractivity contribution in [1.29, 1.82) is 0 Å². The molecule has 0 saturated heterocycles. The number of nitrogens with zero attached hydrogens (tertiary/aromatic N) is 1. The van der Waals surface area contributed by atoms with Gasteiger partial charge in [-0.2, -0.15) is 0 Å². The Morgan fingerprint density at radius 2 is 1.94 bits per heavy atom. The van der Waals surface area contributed by atoms with Gasteiger partial charge in [-0.05, 0) is 55.3 Å². The summed E-state index contributed by atoms with van der Waals surface area (Å²) >= 11 is 6.34. The molecule has 0 aliphatic rings. The topological polar surface area (TPSA) is 24.9 Å². The summed E-state index contributed by atoms with van der Waals surface area (Å²) in [5, 5.41) is 4.10. The molecule has 2 aromatic rings. The zero-order valence-corrected chi connectivity index (χ0v) is 11.6. The molecule has 1 heterocycles. The van der Waals surface area contributed by atoms with Crippen molar-refractivity contribution in [2.45, 2.75) is 19.9 Å². The first kappa shape index (κ1) is 13.1. The van der Waals surface area contributed by atoms with Crippen molar-refractivity contribution in [2.75, 3.05) is 7.05 Å². The SMILES string of the molecule is CNC(c1cnccc1C)c1ccc(C)cc1Cl. The third-order valence-corrected chi connectivity index (χ3v) is 3.47. The first-order valence-corrected chi connectivity index (χ1v) is 6.35. The van der Waals surface area contributed by atoms with E-state index in [4.69, 9.17) is 11.6 Å². The molecule has 18 heavy (non-hydrogen) atoms. The van der Waals surface area contributed by atoms with Gasteiger partial charge in [0.05, 0.1) is 6.04 Å². The first-order chi connectivity index (χ1) is 8.63. The second-order valence-corrected chi connectivity index (χ2v) is 4.89. The number of nitrogens with one attached hydrogen (secondary N) is 1. The van der Waals surface area contributed by atoms with E-state index in [1.807, 2.05) is 38.5 Å². The lowest BCUT2D eigenvalue weighted by atomic mass is 9.96. The highest BCUT2D eigenvalue weighted by atomic mass is 35.5. The summed E-state index contributed by atoms with van der Waals surface area (Å²) in [7, 11) is 1.94. The van der Waals surface area contributed by atoms with Gasteiger partial charge in [0.25, 0.3) is 0 Å². The maximum absolute atomic E-state index is 6.34. The molecule has 1 unspecified atom stereocenters. The second kappa shape index (κ2) is 5.51. The lowest BCUT2D eigenvalue weighted by molar-refractivity contribution is 0.684. The molecule has 0 amide bonds. The zero-order valence-electron chi connectivity index (χ0n) is 10.9. The fraction of sp³-hybridized carbons (Fsp3) is 0.267. The van der Waals surface area contributed by atoms with Gasteiger partial charge in [0.15, 0.2) is 0 Å². The average Bonchev–Trinajstić information content (AvgIpc) is 2.34. The molecule has 1 aromatic carbocycles. The van der Waals surface area contributed by atoms with Gasteiger partial charge >= 0.3 is 0 Å². The Morgan fingerprint density at radius 3 is 2.56 bits per heavy atom. The van der Waals surface area contributed by atoms with Gasteiger partial charge in [-0.3, -0.25) is 4.98 Å². The lowest BCUT2D eigenvalue weighted by Crippen LogP contribution is -2.19. The molecule has 1 atom stereocenters. The number of aromatic nitrogens is 1. The number of aryl methyl sites for hydroxylation is 2. The standard InChI is InChI=1S/C15H17ClN2/c1-10-4-5-12(14(16)8-10)15(17-3)13-9-18-7-6-11(13)2/h4-9,15,17H,1-3H3. The van der Waals surface area contributed by atoms with E-state index < -0.39 is 0 Å². The highest BCUT2D eigenvalue weighted by Crippen LogP contribution is 2.29. The van der Waals surface area contributed by atoms with E-state index in [-0.39, 0.29) is 6.04 Å². The number of hydrogen-bond donors (Lipinski definition) is 1. The van der Waals surface area contributed by atoms with Crippen LogP contribution < -0.4 is 5.32 Å². The average molecular weight is 261 g/mol. The Kier molecular flexibility index (Phi) is 4.00. The number of pyridine rings is 1. The number of hydrogen-bond acceptors (Lipinski definition) is 2. The molecule has 3 heteroatoms. The molecule has 0 bridgehead atoms. The third kappa shape index (κ3) is 2.55. The van der Waals surface area contributed by atoms with Crippen molar-refractivity contribution < 1.29 is 0 Å². The van der Waals surface area contributed by atoms with Crippen LogP contribution in [0.1, 0.15) is 28.3 Å². The lowest BCUT2D eigenvalue weighted by Gasteiger charge is -2.20. The molecule has 94 valence electrons. The Balaban J connectivity index is 2.49. The van der Waals surface area contributed by atoms with Crippen LogP contribution in [0.2, 0.25) is 5.02 Å². The third-order valence-electron chi connectivity index (χ3n) is 3.15. The van der Waals surface area contributed by atoms with Gasteiger partial charge in [0.1, 0.15) is 0 Å². The molecule has 2 nitrogen and oxygen atoms in total. The monoisotopic (exact) mass is 260 g/mol. The Morgan fingerprint density at radius 1 is 1.17 bits per heavy atom. The van der Waals surface area contributed by atoms with Crippen molar-refractivity contribution in [3.63, 3.8) is 0 Å². The van der Waals surface area contributed by atoms with E-state index in [1.54, 1.807) is 0 Å². The van der Waals surface area contributed by atoms with Gasteiger partial charge in [-0.25, -0.2) is 0 Å². The van der Waals surface area contributed by atoms with Crippen LogP contribution in [0, 0.1) is 13.8 Å². The van der Waals surface area contributed by atoms with Gasteiger partial charge in [0.2, 0.25) is 0 Å². The molecular formula is C15H17ClN2. The first-order valence-electron chi connectivity index (χ1n) is 5.97. The fourth-order valence-corrected chi connectivity index (χ4v) is 2.47. The van der Waals surface area contributed by atoms with Crippen LogP contribution in [-0.4, -0.2) is 12.0 Å². The predicted octanol–water partition coefficient (Wildman–Crippen LogP) is 3.66. The van der Waals surface area contributed by atoms with Crippen molar-refractivity contribution >= 4 is 11.6 Å². The normalized spacial score (nSPS) is 12.4. The number of halogens is 1. The van der Waals surface area contributed by atoms with E-state index >= 15 is 0 Å². The van der Waals surface area contributed by atoms with Gasteiger partial charge in [0, 0.05) is 17.4 Å². The minimum atomic E-state index is 0.0757. The van der Waals surface area contributed by atoms with Crippen LogP contribution in [0.4, 0.5) is 0 Å². The minimum Gasteiger partial charge on any atom is -0.309 e. The van der Waals surface area contributed by atoms with Crippen molar-refractivity contribution in [1.82, 2.24) is 10.3 Å². The molecule has 0 aliphatic heterocycles. The van der Waals surface area contributed by atoms with E-state index in [2.05, 4.69) is 29.4 Å². The number of benzene rings is 1. The van der Waals surface area contributed by atoms with Crippen LogP contribution >= 0.6 is 11.6 Å². The van der Waals surface area contributed by atoms with Gasteiger partial charge < -0.3 is 5.32 Å². The summed E-state index contributed by atoms with van der Waals surface area (Å²) in [4.78, 5) is 4.20. The number of rotatable bonds is 3. The molecule has 2 rings (SSSR count). The van der Waals surface area contributed by atoms with Crippen molar-refractivity contribution in [3.05, 3.63) is 63.9 Å². The highest BCUT2D eigenvalue weighted by molar-refractivity contribution is 6.31. The molecule has 0 saturated carbocycles. The molecule has 1 aromatic heterocycles. The van der Waals surface area contributed by atoms with Crippen LogP contribution in [0.5, 0.6) is 0 Å². The van der Waals surface area contributed by atoms with Gasteiger partial charge in [-0.15, -0.1) is 0 Å². The fourth-order valence-electron chi connectivity index (χ4n) is 2.12. The molecule has 0 aliphatic carbocycles. The summed E-state index contributed by atoms with van der Waals surface area (Å²) in [6.45, 7) is 4.13. The van der Waals surface area contributed by atoms with Gasteiger partial charge in [-0.1, -0.05) is 23.7 Å². The summed E-state index contributed by atoms with van der Waals surface area (Å²) in [6, 6.07) is 8.24. The molecular weight excluding hydrogens is 244 g/mol. The van der Waals surface area contributed by atoms with Crippen LogP contribution in [0.15, 0.2) is 36.7 Å². The smallest absolute Gasteiger partial charge is 0.0606 e. The van der Waals surface area contributed by atoms with E-state index in [9.17, 15) is 0 Å². The molecule has 0 fully saturated rings. The summed E-state index contributed by atoms with van der Waals surface area (Å²) in [6.07, 6.45) is 3.70. The maximum atomic E-state index is 6.34. The van der Waals surface area contributed by atoms with Crippen LogP contribution in [-0.2, 0) is 0 Å². The Hall–Kier alpha value is -1.38. The van der Waals surface area contributed by atoms with Crippen LogP contribution in [0.25, 0.3) is 0 Å². The predicted molar refractivity (Wildman–Crippen MR) is 76.1 cm³/mol. The van der Waals surface area contributed by atoms with E-state index in [1.165, 1.54) is 11.1 Å². The van der Waals surface area contributed by atoms with E-state index in [0.29, 0.717) is 0 Å². The quantitative estimate of drug-likeness (QED) is 0.911. The molecule has 0 spiro atoms. The minimum absolute atomic E-state index is 0.0757. The largest absolute Gasteiger partial charge is 0.309 e. The summed E-state index contributed by atoms with van der Waals surface area (Å²) in [5.41, 5.74) is 4.62. The van der Waals surface area contributed by atoms with Crippen molar-refractivity contribution in [3.8, 4) is 0 Å². The zero-order chi connectivity index (χ0) is 13.1.